The molecular formula is C26H31O2P. The van der Waals surface area contributed by atoms with E-state index in [2.05, 4.69) is 76.8 Å². The number of rotatable bonds is 7. The highest BCUT2D eigenvalue weighted by atomic mass is 31.1. The van der Waals surface area contributed by atoms with Crippen LogP contribution in [0.15, 0.2) is 66.7 Å². The third-order valence-corrected chi connectivity index (χ3v) is 6.73. The van der Waals surface area contributed by atoms with Gasteiger partial charge in [-0.1, -0.05) is 94.4 Å². The van der Waals surface area contributed by atoms with Crippen molar-refractivity contribution in [2.45, 2.75) is 46.0 Å². The van der Waals surface area contributed by atoms with E-state index < -0.39 is 8.15 Å². The van der Waals surface area contributed by atoms with Crippen LogP contribution < -0.4 is 9.83 Å². The monoisotopic (exact) mass is 406 g/mol. The van der Waals surface area contributed by atoms with Crippen LogP contribution in [-0.2, 0) is 6.42 Å². The number of para-hydroxylation sites is 2. The van der Waals surface area contributed by atoms with E-state index >= 15 is 0 Å². The second kappa shape index (κ2) is 9.46. The molecule has 0 aliphatic rings. The predicted octanol–water partition coefficient (Wildman–Crippen LogP) is 6.96. The molecule has 0 spiro atoms. The first-order valence-corrected chi connectivity index (χ1v) is 12.0. The summed E-state index contributed by atoms with van der Waals surface area (Å²) in [5.41, 5.74) is 4.28. The van der Waals surface area contributed by atoms with Gasteiger partial charge in [-0.05, 0) is 40.8 Å². The fourth-order valence-corrected chi connectivity index (χ4v) is 4.76. The molecule has 0 aliphatic heterocycles. The number of hydrogen-bond donors (Lipinski definition) is 1. The fraction of sp³-hybridized carbons (Fsp3) is 0.308. The molecule has 3 rings (SSSR count). The first-order valence-electron chi connectivity index (χ1n) is 10.3. The highest BCUT2D eigenvalue weighted by Gasteiger charge is 2.19. The van der Waals surface area contributed by atoms with E-state index in [1.54, 1.807) is 0 Å². The number of benzene rings is 3. The standard InChI is InChI=1S/C26H31O2P/c1-18(2)23-15-9-11-20(25(23)27)17-21-12-10-16-24(19(3)4)26(21)28-29(5)22-13-7-6-8-14-22/h6-16,18-19,27H,17H2,1-5H3. The minimum atomic E-state index is -0.770. The van der Waals surface area contributed by atoms with E-state index in [1.807, 2.05) is 24.3 Å². The Morgan fingerprint density at radius 3 is 1.97 bits per heavy atom. The zero-order chi connectivity index (χ0) is 21.0. The second-order valence-electron chi connectivity index (χ2n) is 8.10. The number of phenolic OH excluding ortho intramolecular Hbond substituents is 1. The van der Waals surface area contributed by atoms with Crippen LogP contribution in [0.5, 0.6) is 11.5 Å². The number of hydrogen-bond acceptors (Lipinski definition) is 2. The Balaban J connectivity index is 1.99. The van der Waals surface area contributed by atoms with E-state index in [0.29, 0.717) is 18.1 Å². The summed E-state index contributed by atoms with van der Waals surface area (Å²) in [4.78, 5) is 0. The zero-order valence-electron chi connectivity index (χ0n) is 18.0. The Hall–Kier alpha value is -2.31. The van der Waals surface area contributed by atoms with Gasteiger partial charge >= 0.3 is 0 Å². The maximum atomic E-state index is 10.8. The zero-order valence-corrected chi connectivity index (χ0v) is 18.9. The van der Waals surface area contributed by atoms with Crippen molar-refractivity contribution in [1.82, 2.24) is 0 Å². The molecule has 3 aromatic carbocycles. The molecule has 3 heteroatoms. The van der Waals surface area contributed by atoms with Crippen LogP contribution in [0.1, 0.15) is 61.8 Å². The summed E-state index contributed by atoms with van der Waals surface area (Å²) >= 11 is 0. The molecule has 2 nitrogen and oxygen atoms in total. The summed E-state index contributed by atoms with van der Waals surface area (Å²) in [7, 11) is -0.770. The Kier molecular flexibility index (Phi) is 6.98. The lowest BCUT2D eigenvalue weighted by molar-refractivity contribution is 0.459. The molecule has 0 aliphatic carbocycles. The van der Waals surface area contributed by atoms with Gasteiger partial charge in [0, 0.05) is 11.7 Å². The third-order valence-electron chi connectivity index (χ3n) is 5.25. The van der Waals surface area contributed by atoms with Crippen molar-refractivity contribution >= 4 is 13.5 Å². The van der Waals surface area contributed by atoms with E-state index in [1.165, 1.54) is 10.9 Å². The van der Waals surface area contributed by atoms with Crippen LogP contribution in [0.2, 0.25) is 0 Å². The van der Waals surface area contributed by atoms with Crippen LogP contribution >= 0.6 is 8.15 Å². The molecular weight excluding hydrogens is 375 g/mol. The van der Waals surface area contributed by atoms with Gasteiger partial charge in [-0.3, -0.25) is 0 Å². The highest BCUT2D eigenvalue weighted by molar-refractivity contribution is 7.60. The molecule has 0 amide bonds. The van der Waals surface area contributed by atoms with Crippen molar-refractivity contribution in [3.05, 3.63) is 89.0 Å². The topological polar surface area (TPSA) is 29.5 Å². The van der Waals surface area contributed by atoms with E-state index in [9.17, 15) is 5.11 Å². The lowest BCUT2D eigenvalue weighted by atomic mass is 9.93. The molecule has 0 radical (unpaired) electrons. The predicted molar refractivity (Wildman–Crippen MR) is 125 cm³/mol. The minimum absolute atomic E-state index is 0.286. The molecule has 1 N–H and O–H groups in total. The lowest BCUT2D eigenvalue weighted by Gasteiger charge is -2.22. The second-order valence-corrected chi connectivity index (χ2v) is 9.79. The largest absolute Gasteiger partial charge is 0.507 e. The van der Waals surface area contributed by atoms with Crippen molar-refractivity contribution in [1.29, 1.82) is 0 Å². The van der Waals surface area contributed by atoms with Gasteiger partial charge in [0.15, 0.2) is 0 Å². The van der Waals surface area contributed by atoms with Crippen LogP contribution in [0.3, 0.4) is 0 Å². The average molecular weight is 407 g/mol. The molecule has 29 heavy (non-hydrogen) atoms. The van der Waals surface area contributed by atoms with Gasteiger partial charge in [-0.25, -0.2) is 0 Å². The van der Waals surface area contributed by atoms with Crippen LogP contribution in [0.4, 0.5) is 0 Å². The minimum Gasteiger partial charge on any atom is -0.507 e. The Morgan fingerprint density at radius 2 is 1.34 bits per heavy atom. The van der Waals surface area contributed by atoms with Crippen molar-refractivity contribution in [2.75, 3.05) is 6.66 Å². The van der Waals surface area contributed by atoms with Gasteiger partial charge in [0.2, 0.25) is 0 Å². The molecule has 0 fully saturated rings. The summed E-state index contributed by atoms with van der Waals surface area (Å²) in [5.74, 6) is 2.02. The van der Waals surface area contributed by atoms with Gasteiger partial charge in [0.25, 0.3) is 0 Å². The first kappa shape index (κ1) is 21.4. The Bertz CT molecular complexity index is 948. The maximum Gasteiger partial charge on any atom is 0.130 e. The summed E-state index contributed by atoms with van der Waals surface area (Å²) in [6.45, 7) is 10.8. The normalized spacial score (nSPS) is 12.4. The van der Waals surface area contributed by atoms with Crippen LogP contribution in [0.25, 0.3) is 0 Å². The number of phenols is 1. The highest BCUT2D eigenvalue weighted by Crippen LogP contribution is 2.41. The average Bonchev–Trinajstić information content (AvgIpc) is 2.70. The molecule has 1 unspecified atom stereocenters. The van der Waals surface area contributed by atoms with Gasteiger partial charge in [-0.15, -0.1) is 0 Å². The summed E-state index contributed by atoms with van der Waals surface area (Å²) in [6, 6.07) is 22.8. The Morgan fingerprint density at radius 1 is 0.759 bits per heavy atom. The lowest BCUT2D eigenvalue weighted by Crippen LogP contribution is -2.07. The molecule has 3 aromatic rings. The van der Waals surface area contributed by atoms with Crippen molar-refractivity contribution < 1.29 is 9.63 Å². The molecule has 0 saturated heterocycles. The number of aromatic hydroxyl groups is 1. The smallest absolute Gasteiger partial charge is 0.130 e. The molecule has 0 heterocycles. The van der Waals surface area contributed by atoms with E-state index in [0.717, 1.165) is 22.4 Å². The van der Waals surface area contributed by atoms with E-state index in [4.69, 9.17) is 4.52 Å². The van der Waals surface area contributed by atoms with Crippen molar-refractivity contribution in [3.63, 3.8) is 0 Å². The molecule has 0 bridgehead atoms. The SMILES string of the molecule is CC(C)c1cccc(Cc2cccc(C(C)C)c2OP(C)c2ccccc2)c1O. The molecule has 0 aromatic heterocycles. The molecule has 0 saturated carbocycles. The maximum absolute atomic E-state index is 10.8. The van der Waals surface area contributed by atoms with E-state index in [-0.39, 0.29) is 5.92 Å². The molecule has 152 valence electrons. The van der Waals surface area contributed by atoms with Crippen molar-refractivity contribution in [3.8, 4) is 11.5 Å². The summed E-state index contributed by atoms with van der Waals surface area (Å²) in [5, 5.41) is 12.0. The Labute approximate surface area is 176 Å². The molecule has 1 atom stereocenters. The third kappa shape index (κ3) is 5.00. The van der Waals surface area contributed by atoms with Crippen molar-refractivity contribution in [2.24, 2.45) is 0 Å². The first-order chi connectivity index (χ1) is 13.9. The fourth-order valence-electron chi connectivity index (χ4n) is 3.56. The van der Waals surface area contributed by atoms with Crippen LogP contribution in [-0.4, -0.2) is 11.8 Å². The quantitative estimate of drug-likeness (QED) is 0.430. The van der Waals surface area contributed by atoms with Gasteiger partial charge < -0.3 is 9.63 Å². The van der Waals surface area contributed by atoms with Gasteiger partial charge in [-0.2, -0.15) is 0 Å². The summed E-state index contributed by atoms with van der Waals surface area (Å²) < 4.78 is 6.60. The van der Waals surface area contributed by atoms with Gasteiger partial charge in [0.05, 0.1) is 0 Å². The summed E-state index contributed by atoms with van der Waals surface area (Å²) in [6.07, 6.45) is 0.653. The van der Waals surface area contributed by atoms with Gasteiger partial charge in [0.1, 0.15) is 19.6 Å². The van der Waals surface area contributed by atoms with Crippen LogP contribution in [0, 0.1) is 0 Å².